The maximum Gasteiger partial charge on any atom is 0.335 e. The lowest BCUT2D eigenvalue weighted by molar-refractivity contribution is 0.0697. The van der Waals surface area contributed by atoms with Gasteiger partial charge in [-0.1, -0.05) is 0 Å². The van der Waals surface area contributed by atoms with Gasteiger partial charge in [-0.25, -0.2) is 4.79 Å². The number of carboxylic acid groups (broad SMARTS) is 1. The maximum atomic E-state index is 10.7. The van der Waals surface area contributed by atoms with Crippen LogP contribution in [0.15, 0.2) is 24.3 Å². The van der Waals surface area contributed by atoms with Crippen molar-refractivity contribution in [1.82, 2.24) is 4.90 Å². The molecule has 0 unspecified atom stereocenters. The van der Waals surface area contributed by atoms with Crippen molar-refractivity contribution < 1.29 is 9.90 Å². The minimum Gasteiger partial charge on any atom is -0.478 e. The molecule has 0 aromatic heterocycles. The number of benzene rings is 1. The van der Waals surface area contributed by atoms with Crippen molar-refractivity contribution in [3.63, 3.8) is 0 Å². The zero-order chi connectivity index (χ0) is 11.5. The van der Waals surface area contributed by atoms with Gasteiger partial charge in [-0.3, -0.25) is 0 Å². The van der Waals surface area contributed by atoms with E-state index >= 15 is 0 Å². The first-order valence-corrected chi connectivity index (χ1v) is 5.43. The van der Waals surface area contributed by atoms with Gasteiger partial charge in [-0.05, 0) is 31.3 Å². The number of hydrogen-bond acceptors (Lipinski definition) is 3. The van der Waals surface area contributed by atoms with Gasteiger partial charge >= 0.3 is 5.97 Å². The van der Waals surface area contributed by atoms with E-state index < -0.39 is 5.97 Å². The third-order valence-corrected chi connectivity index (χ3v) is 2.98. The minimum absolute atomic E-state index is 0. The molecular weight excluding hydrogens is 275 g/mol. The second-order valence-corrected chi connectivity index (χ2v) is 4.14. The molecule has 2 rings (SSSR count). The lowest BCUT2D eigenvalue weighted by Gasteiger charge is -2.34. The Morgan fingerprint density at radius 2 is 1.56 bits per heavy atom. The molecule has 1 saturated heterocycles. The second-order valence-electron chi connectivity index (χ2n) is 4.14. The van der Waals surface area contributed by atoms with Crippen molar-refractivity contribution in [3.05, 3.63) is 29.8 Å². The Morgan fingerprint density at radius 1 is 1.06 bits per heavy atom. The number of rotatable bonds is 2. The number of likely N-dealkylation sites (N-methyl/N-ethyl adjacent to an activating group) is 1. The fourth-order valence-corrected chi connectivity index (χ4v) is 1.88. The minimum atomic E-state index is -0.870. The van der Waals surface area contributed by atoms with E-state index in [0.29, 0.717) is 5.56 Å². The van der Waals surface area contributed by atoms with E-state index in [1.54, 1.807) is 12.1 Å². The van der Waals surface area contributed by atoms with Gasteiger partial charge < -0.3 is 14.9 Å². The van der Waals surface area contributed by atoms with E-state index in [4.69, 9.17) is 5.11 Å². The highest BCUT2D eigenvalue weighted by atomic mass is 35.5. The van der Waals surface area contributed by atoms with Crippen LogP contribution < -0.4 is 4.90 Å². The Kier molecular flexibility index (Phi) is 7.06. The molecule has 6 heteroatoms. The molecule has 102 valence electrons. The fraction of sp³-hybridized carbons (Fsp3) is 0.417. The Hall–Kier alpha value is -0.970. The fourth-order valence-electron chi connectivity index (χ4n) is 1.88. The molecule has 1 aromatic rings. The van der Waals surface area contributed by atoms with E-state index in [2.05, 4.69) is 16.8 Å². The summed E-state index contributed by atoms with van der Waals surface area (Å²) in [5, 5.41) is 8.80. The SMILES string of the molecule is CN1CCN(c2ccc(C(=O)O)cc2)CC1.Cl.Cl. The average molecular weight is 293 g/mol. The van der Waals surface area contributed by atoms with Gasteiger partial charge in [0, 0.05) is 31.9 Å². The van der Waals surface area contributed by atoms with Crippen LogP contribution in [0, 0.1) is 0 Å². The predicted octanol–water partition coefficient (Wildman–Crippen LogP) is 1.98. The topological polar surface area (TPSA) is 43.8 Å². The van der Waals surface area contributed by atoms with Crippen molar-refractivity contribution in [1.29, 1.82) is 0 Å². The largest absolute Gasteiger partial charge is 0.478 e. The predicted molar refractivity (Wildman–Crippen MR) is 77.6 cm³/mol. The van der Waals surface area contributed by atoms with E-state index in [0.717, 1.165) is 31.9 Å². The summed E-state index contributed by atoms with van der Waals surface area (Å²) >= 11 is 0. The molecule has 1 heterocycles. The van der Waals surface area contributed by atoms with Crippen molar-refractivity contribution in [2.24, 2.45) is 0 Å². The number of nitrogens with zero attached hydrogens (tertiary/aromatic N) is 2. The number of halogens is 2. The normalized spacial score (nSPS) is 15.5. The number of hydrogen-bond donors (Lipinski definition) is 1. The van der Waals surface area contributed by atoms with Crippen LogP contribution in [0.2, 0.25) is 0 Å². The van der Waals surface area contributed by atoms with Crippen LogP contribution in [-0.2, 0) is 0 Å². The number of carboxylic acids is 1. The van der Waals surface area contributed by atoms with Gasteiger partial charge in [0.25, 0.3) is 0 Å². The molecule has 0 amide bonds. The zero-order valence-electron chi connectivity index (χ0n) is 10.2. The summed E-state index contributed by atoms with van der Waals surface area (Å²) in [4.78, 5) is 15.3. The average Bonchev–Trinajstić information content (AvgIpc) is 2.30. The highest BCUT2D eigenvalue weighted by Crippen LogP contribution is 2.16. The second kappa shape index (κ2) is 7.46. The van der Waals surface area contributed by atoms with E-state index in [-0.39, 0.29) is 24.8 Å². The molecule has 1 aliphatic heterocycles. The Bertz CT molecular complexity index is 376. The molecule has 4 nitrogen and oxygen atoms in total. The van der Waals surface area contributed by atoms with Crippen LogP contribution in [0.1, 0.15) is 10.4 Å². The Morgan fingerprint density at radius 3 is 2.00 bits per heavy atom. The quantitative estimate of drug-likeness (QED) is 0.905. The molecule has 0 saturated carbocycles. The van der Waals surface area contributed by atoms with Crippen LogP contribution in [-0.4, -0.2) is 49.2 Å². The molecule has 0 spiro atoms. The van der Waals surface area contributed by atoms with Crippen LogP contribution in [0.5, 0.6) is 0 Å². The third-order valence-electron chi connectivity index (χ3n) is 2.98. The van der Waals surface area contributed by atoms with Gasteiger partial charge in [0.1, 0.15) is 0 Å². The number of anilines is 1. The molecule has 1 fully saturated rings. The summed E-state index contributed by atoms with van der Waals surface area (Å²) in [5.74, 6) is -0.870. The summed E-state index contributed by atoms with van der Waals surface area (Å²) < 4.78 is 0. The van der Waals surface area contributed by atoms with Crippen molar-refractivity contribution in [2.75, 3.05) is 38.1 Å². The molecular formula is C12H18Cl2N2O2. The zero-order valence-corrected chi connectivity index (χ0v) is 11.8. The molecule has 18 heavy (non-hydrogen) atoms. The molecule has 1 aliphatic rings. The summed E-state index contributed by atoms with van der Waals surface area (Å²) in [6.07, 6.45) is 0. The third kappa shape index (κ3) is 4.05. The van der Waals surface area contributed by atoms with Crippen molar-refractivity contribution in [3.8, 4) is 0 Å². The maximum absolute atomic E-state index is 10.7. The lowest BCUT2D eigenvalue weighted by Crippen LogP contribution is -2.44. The molecule has 0 radical (unpaired) electrons. The number of piperazine rings is 1. The van der Waals surface area contributed by atoms with Gasteiger partial charge in [-0.2, -0.15) is 0 Å². The number of aromatic carboxylic acids is 1. The standard InChI is InChI=1S/C12H16N2O2.2ClH/c1-13-6-8-14(9-7-13)11-4-2-10(3-5-11)12(15)16;;/h2-5H,6-9H2,1H3,(H,15,16);2*1H. The Labute approximate surface area is 119 Å². The molecule has 0 bridgehead atoms. The highest BCUT2D eigenvalue weighted by Gasteiger charge is 2.14. The van der Waals surface area contributed by atoms with Gasteiger partial charge in [0.15, 0.2) is 0 Å². The van der Waals surface area contributed by atoms with Gasteiger partial charge in [0.05, 0.1) is 5.56 Å². The van der Waals surface area contributed by atoms with Crippen LogP contribution >= 0.6 is 24.8 Å². The first kappa shape index (κ1) is 17.0. The van der Waals surface area contributed by atoms with Crippen LogP contribution in [0.3, 0.4) is 0 Å². The van der Waals surface area contributed by atoms with E-state index in [1.165, 1.54) is 0 Å². The smallest absolute Gasteiger partial charge is 0.335 e. The van der Waals surface area contributed by atoms with Crippen molar-refractivity contribution in [2.45, 2.75) is 0 Å². The molecule has 0 aliphatic carbocycles. The molecule has 1 N–H and O–H groups in total. The van der Waals surface area contributed by atoms with E-state index in [1.807, 2.05) is 12.1 Å². The van der Waals surface area contributed by atoms with Crippen LogP contribution in [0.4, 0.5) is 5.69 Å². The first-order chi connectivity index (χ1) is 7.66. The summed E-state index contributed by atoms with van der Waals surface area (Å²) in [5.41, 5.74) is 1.45. The van der Waals surface area contributed by atoms with Crippen molar-refractivity contribution >= 4 is 36.5 Å². The Balaban J connectivity index is 0.00000144. The summed E-state index contributed by atoms with van der Waals surface area (Å²) in [6, 6.07) is 7.09. The summed E-state index contributed by atoms with van der Waals surface area (Å²) in [6.45, 7) is 4.12. The monoisotopic (exact) mass is 292 g/mol. The van der Waals surface area contributed by atoms with Gasteiger partial charge in [-0.15, -0.1) is 24.8 Å². The molecule has 1 aromatic carbocycles. The lowest BCUT2D eigenvalue weighted by atomic mass is 10.2. The summed E-state index contributed by atoms with van der Waals surface area (Å²) in [7, 11) is 2.12. The van der Waals surface area contributed by atoms with Gasteiger partial charge in [0.2, 0.25) is 0 Å². The molecule has 0 atom stereocenters. The van der Waals surface area contributed by atoms with Crippen LogP contribution in [0.25, 0.3) is 0 Å². The highest BCUT2D eigenvalue weighted by molar-refractivity contribution is 5.88. The number of carbonyl (C=O) groups is 1. The van der Waals surface area contributed by atoms with E-state index in [9.17, 15) is 4.79 Å². The first-order valence-electron chi connectivity index (χ1n) is 5.43.